The molecule has 3 aliphatic rings. The summed E-state index contributed by atoms with van der Waals surface area (Å²) in [6.07, 6.45) is 7.68. The zero-order valence-electron chi connectivity index (χ0n) is 12.9. The van der Waals surface area contributed by atoms with Crippen molar-refractivity contribution < 1.29 is 8.42 Å². The van der Waals surface area contributed by atoms with Gasteiger partial charge in [-0.15, -0.1) is 0 Å². The third kappa shape index (κ3) is 3.86. The highest BCUT2D eigenvalue weighted by atomic mass is 32.2. The summed E-state index contributed by atoms with van der Waals surface area (Å²) in [4.78, 5) is 0. The zero-order chi connectivity index (χ0) is 14.9. The van der Waals surface area contributed by atoms with Crippen molar-refractivity contribution in [2.24, 2.45) is 5.92 Å². The van der Waals surface area contributed by atoms with E-state index in [0.717, 1.165) is 31.4 Å². The fourth-order valence-electron chi connectivity index (χ4n) is 3.26. The van der Waals surface area contributed by atoms with Crippen LogP contribution in [0.1, 0.15) is 39.0 Å². The number of nitrogens with zero attached hydrogens (tertiary/aromatic N) is 2. The van der Waals surface area contributed by atoms with Gasteiger partial charge in [0.1, 0.15) is 0 Å². The van der Waals surface area contributed by atoms with Crippen LogP contribution in [-0.2, 0) is 10.2 Å². The molecule has 1 saturated heterocycles. The second-order valence-electron chi connectivity index (χ2n) is 6.73. The SMILES string of the molecule is CC1=CCCN(S(=O)(=O)N2CCCC(CNC3CC3)C2)C1. The number of hydrogen-bond donors (Lipinski definition) is 1. The zero-order valence-corrected chi connectivity index (χ0v) is 13.7. The Labute approximate surface area is 128 Å². The van der Waals surface area contributed by atoms with Crippen molar-refractivity contribution in [2.45, 2.75) is 45.1 Å². The molecule has 5 nitrogen and oxygen atoms in total. The summed E-state index contributed by atoms with van der Waals surface area (Å²) in [6, 6.07) is 0.701. The number of nitrogens with one attached hydrogen (secondary N) is 1. The van der Waals surface area contributed by atoms with E-state index in [1.807, 2.05) is 6.92 Å². The molecule has 1 saturated carbocycles. The molecule has 2 heterocycles. The molecule has 0 aromatic rings. The van der Waals surface area contributed by atoms with Crippen molar-refractivity contribution >= 4 is 10.2 Å². The molecular formula is C15H27N3O2S. The van der Waals surface area contributed by atoms with E-state index in [1.54, 1.807) is 8.61 Å². The van der Waals surface area contributed by atoms with Gasteiger partial charge in [-0.25, -0.2) is 0 Å². The first-order valence-electron chi connectivity index (χ1n) is 8.20. The molecule has 1 N–H and O–H groups in total. The Morgan fingerprint density at radius 2 is 2.05 bits per heavy atom. The van der Waals surface area contributed by atoms with E-state index in [-0.39, 0.29) is 0 Å². The van der Waals surface area contributed by atoms with Crippen molar-refractivity contribution in [1.29, 1.82) is 0 Å². The fraction of sp³-hybridized carbons (Fsp3) is 0.867. The Bertz CT molecular complexity index is 499. The molecule has 120 valence electrons. The van der Waals surface area contributed by atoms with Gasteiger partial charge in [-0.1, -0.05) is 11.6 Å². The van der Waals surface area contributed by atoms with Gasteiger partial charge in [0.15, 0.2) is 0 Å². The maximum atomic E-state index is 12.8. The molecule has 0 spiro atoms. The van der Waals surface area contributed by atoms with Gasteiger partial charge in [0.05, 0.1) is 0 Å². The fourth-order valence-corrected chi connectivity index (χ4v) is 5.05. The van der Waals surface area contributed by atoms with E-state index in [1.165, 1.54) is 12.8 Å². The third-order valence-electron chi connectivity index (χ3n) is 4.70. The Balaban J connectivity index is 1.59. The summed E-state index contributed by atoms with van der Waals surface area (Å²) in [6.45, 7) is 5.53. The average Bonchev–Trinajstić information content (AvgIpc) is 3.30. The topological polar surface area (TPSA) is 52.7 Å². The molecule has 1 aliphatic carbocycles. The lowest BCUT2D eigenvalue weighted by Gasteiger charge is -2.36. The molecule has 21 heavy (non-hydrogen) atoms. The summed E-state index contributed by atoms with van der Waals surface area (Å²) in [5, 5.41) is 3.54. The van der Waals surface area contributed by atoms with Crippen LogP contribution in [-0.4, -0.2) is 55.8 Å². The molecule has 0 aromatic carbocycles. The summed E-state index contributed by atoms with van der Waals surface area (Å²) >= 11 is 0. The van der Waals surface area contributed by atoms with E-state index in [2.05, 4.69) is 11.4 Å². The average molecular weight is 313 g/mol. The molecular weight excluding hydrogens is 286 g/mol. The van der Waals surface area contributed by atoms with E-state index >= 15 is 0 Å². The van der Waals surface area contributed by atoms with Crippen LogP contribution in [0.5, 0.6) is 0 Å². The molecule has 0 bridgehead atoms. The minimum Gasteiger partial charge on any atom is -0.314 e. The summed E-state index contributed by atoms with van der Waals surface area (Å²) in [5.41, 5.74) is 1.16. The van der Waals surface area contributed by atoms with Crippen molar-refractivity contribution in [3.05, 3.63) is 11.6 Å². The number of rotatable bonds is 5. The molecule has 1 atom stereocenters. The van der Waals surface area contributed by atoms with Crippen LogP contribution in [0.25, 0.3) is 0 Å². The highest BCUT2D eigenvalue weighted by Crippen LogP contribution is 2.24. The minimum atomic E-state index is -3.28. The lowest BCUT2D eigenvalue weighted by Crippen LogP contribution is -2.50. The van der Waals surface area contributed by atoms with E-state index in [4.69, 9.17) is 0 Å². The molecule has 3 rings (SSSR count). The standard InChI is InChI=1S/C15H27N3O2S/c1-13-4-2-8-17(11-13)21(19,20)18-9-3-5-14(12-18)10-16-15-6-7-15/h4,14-16H,2-3,5-12H2,1H3. The van der Waals surface area contributed by atoms with Crippen LogP contribution >= 0.6 is 0 Å². The van der Waals surface area contributed by atoms with Crippen molar-refractivity contribution in [3.8, 4) is 0 Å². The highest BCUT2D eigenvalue weighted by molar-refractivity contribution is 7.86. The summed E-state index contributed by atoms with van der Waals surface area (Å²) in [5.74, 6) is 0.468. The van der Waals surface area contributed by atoms with Gasteiger partial charge >= 0.3 is 0 Å². The molecule has 1 unspecified atom stereocenters. The molecule has 0 amide bonds. The van der Waals surface area contributed by atoms with Crippen LogP contribution in [0.4, 0.5) is 0 Å². The van der Waals surface area contributed by atoms with Crippen LogP contribution in [0.15, 0.2) is 11.6 Å². The predicted octanol–water partition coefficient (Wildman–Crippen LogP) is 1.35. The smallest absolute Gasteiger partial charge is 0.282 e. The van der Waals surface area contributed by atoms with Crippen molar-refractivity contribution in [1.82, 2.24) is 13.9 Å². The van der Waals surface area contributed by atoms with Gasteiger partial charge < -0.3 is 5.32 Å². The van der Waals surface area contributed by atoms with Crippen LogP contribution in [0, 0.1) is 5.92 Å². The predicted molar refractivity (Wildman–Crippen MR) is 84.2 cm³/mol. The highest BCUT2D eigenvalue weighted by Gasteiger charge is 2.34. The number of piperidine rings is 1. The lowest BCUT2D eigenvalue weighted by atomic mass is 10.00. The van der Waals surface area contributed by atoms with Gasteiger partial charge in [0.2, 0.25) is 0 Å². The Morgan fingerprint density at radius 1 is 1.24 bits per heavy atom. The largest absolute Gasteiger partial charge is 0.314 e. The van der Waals surface area contributed by atoms with E-state index < -0.39 is 10.2 Å². The monoisotopic (exact) mass is 313 g/mol. The second-order valence-corrected chi connectivity index (χ2v) is 8.66. The van der Waals surface area contributed by atoms with Gasteiger partial charge in [-0.3, -0.25) is 0 Å². The summed E-state index contributed by atoms with van der Waals surface area (Å²) in [7, 11) is -3.28. The Morgan fingerprint density at radius 3 is 2.76 bits per heavy atom. The molecule has 0 radical (unpaired) electrons. The number of hydrogen-bond acceptors (Lipinski definition) is 3. The van der Waals surface area contributed by atoms with Crippen molar-refractivity contribution in [2.75, 3.05) is 32.7 Å². The quantitative estimate of drug-likeness (QED) is 0.780. The summed E-state index contributed by atoms with van der Waals surface area (Å²) < 4.78 is 28.9. The van der Waals surface area contributed by atoms with Crippen LogP contribution in [0.3, 0.4) is 0 Å². The normalized spacial score (nSPS) is 29.4. The van der Waals surface area contributed by atoms with Gasteiger partial charge in [-0.2, -0.15) is 17.0 Å². The lowest BCUT2D eigenvalue weighted by molar-refractivity contribution is 0.242. The van der Waals surface area contributed by atoms with Gasteiger partial charge in [-0.05, 0) is 51.5 Å². The van der Waals surface area contributed by atoms with Crippen LogP contribution < -0.4 is 5.32 Å². The molecule has 2 aliphatic heterocycles. The molecule has 0 aromatic heterocycles. The first-order chi connectivity index (χ1) is 10.1. The van der Waals surface area contributed by atoms with E-state index in [9.17, 15) is 8.42 Å². The maximum Gasteiger partial charge on any atom is 0.282 e. The van der Waals surface area contributed by atoms with Crippen molar-refractivity contribution in [3.63, 3.8) is 0 Å². The van der Waals surface area contributed by atoms with E-state index in [0.29, 0.717) is 38.1 Å². The molecule has 6 heteroatoms. The Hall–Kier alpha value is -0.430. The Kier molecular flexibility index (Phi) is 4.69. The first kappa shape index (κ1) is 15.5. The third-order valence-corrected chi connectivity index (χ3v) is 6.65. The maximum absolute atomic E-state index is 12.8. The van der Waals surface area contributed by atoms with Crippen LogP contribution in [0.2, 0.25) is 0 Å². The van der Waals surface area contributed by atoms with Gasteiger partial charge in [0, 0.05) is 32.2 Å². The minimum absolute atomic E-state index is 0.468. The first-order valence-corrected chi connectivity index (χ1v) is 9.59. The van der Waals surface area contributed by atoms with Gasteiger partial charge in [0.25, 0.3) is 10.2 Å². The second kappa shape index (κ2) is 6.36. The molecule has 2 fully saturated rings.